The molecule has 57 heavy (non-hydrogen) atoms. The molecule has 0 aliphatic rings. The van der Waals surface area contributed by atoms with Crippen LogP contribution in [-0.2, 0) is 0 Å². The van der Waals surface area contributed by atoms with E-state index in [1.807, 2.05) is 0 Å². The van der Waals surface area contributed by atoms with E-state index in [2.05, 4.69) is 220 Å². The second kappa shape index (κ2) is 12.5. The van der Waals surface area contributed by atoms with Gasteiger partial charge in [0.15, 0.2) is 0 Å². The molecule has 0 aliphatic carbocycles. The maximum Gasteiger partial charge on any atom is 0.0562 e. The lowest BCUT2D eigenvalue weighted by Crippen LogP contribution is -1.96. The summed E-state index contributed by atoms with van der Waals surface area (Å²) >= 11 is 0. The molecule has 266 valence electrons. The molecule has 0 radical (unpaired) electrons. The van der Waals surface area contributed by atoms with Gasteiger partial charge >= 0.3 is 0 Å². The van der Waals surface area contributed by atoms with Crippen LogP contribution in [0.5, 0.6) is 0 Å². The van der Waals surface area contributed by atoms with Crippen molar-refractivity contribution in [1.29, 1.82) is 0 Å². The summed E-state index contributed by atoms with van der Waals surface area (Å²) in [7, 11) is 0. The quantitative estimate of drug-likeness (QED) is 0.183. The number of hydrogen-bond donors (Lipinski definition) is 1. The zero-order chi connectivity index (χ0) is 37.5. The fourth-order valence-electron chi connectivity index (χ4n) is 9.32. The second-order valence-corrected chi connectivity index (χ2v) is 15.0. The largest absolute Gasteiger partial charge is 0.354 e. The Morgan fingerprint density at radius 3 is 1.72 bits per heavy atom. The SMILES string of the molecule is c1ccc(-c2cccc(-c3cccc4c3c3ccccc3n4-c3ccc4c(c3)c3ccccc3n4-c3cccc4[nH]c5ccc(-c6ccccc6)cc5c34)c2)cc1. The first kappa shape index (κ1) is 31.7. The summed E-state index contributed by atoms with van der Waals surface area (Å²) in [5.41, 5.74) is 16.7. The molecule has 9 aromatic carbocycles. The smallest absolute Gasteiger partial charge is 0.0562 e. The van der Waals surface area contributed by atoms with Crippen LogP contribution in [0.2, 0.25) is 0 Å². The van der Waals surface area contributed by atoms with E-state index in [0.717, 1.165) is 16.7 Å². The van der Waals surface area contributed by atoms with Gasteiger partial charge in [-0.15, -0.1) is 0 Å². The minimum absolute atomic E-state index is 1.13. The molecule has 0 fully saturated rings. The molecule has 0 saturated heterocycles. The van der Waals surface area contributed by atoms with Crippen LogP contribution in [0.1, 0.15) is 0 Å². The number of aromatic amines is 1. The number of hydrogen-bond acceptors (Lipinski definition) is 0. The molecule has 0 saturated carbocycles. The van der Waals surface area contributed by atoms with Gasteiger partial charge in [-0.2, -0.15) is 0 Å². The molecule has 3 aromatic heterocycles. The third-order valence-electron chi connectivity index (χ3n) is 11.8. The molecular formula is C54H35N3. The van der Waals surface area contributed by atoms with Gasteiger partial charge in [-0.1, -0.05) is 140 Å². The minimum atomic E-state index is 1.13. The molecule has 0 atom stereocenters. The minimum Gasteiger partial charge on any atom is -0.354 e. The van der Waals surface area contributed by atoms with E-state index in [-0.39, 0.29) is 0 Å². The van der Waals surface area contributed by atoms with E-state index in [9.17, 15) is 0 Å². The molecule has 0 aliphatic heterocycles. The Kier molecular flexibility index (Phi) is 6.93. The lowest BCUT2D eigenvalue weighted by atomic mass is 9.96. The highest BCUT2D eigenvalue weighted by Crippen LogP contribution is 2.42. The van der Waals surface area contributed by atoms with E-state index in [4.69, 9.17) is 0 Å². The van der Waals surface area contributed by atoms with Crippen LogP contribution in [-0.4, -0.2) is 14.1 Å². The maximum absolute atomic E-state index is 3.73. The van der Waals surface area contributed by atoms with Gasteiger partial charge in [-0.05, 0) is 100 Å². The second-order valence-electron chi connectivity index (χ2n) is 15.0. The molecule has 12 aromatic rings. The van der Waals surface area contributed by atoms with Gasteiger partial charge in [-0.3, -0.25) is 0 Å². The van der Waals surface area contributed by atoms with Gasteiger partial charge in [0.1, 0.15) is 0 Å². The van der Waals surface area contributed by atoms with Crippen molar-refractivity contribution in [3.8, 4) is 44.8 Å². The number of para-hydroxylation sites is 2. The monoisotopic (exact) mass is 725 g/mol. The molecule has 1 N–H and O–H groups in total. The average molecular weight is 726 g/mol. The van der Waals surface area contributed by atoms with E-state index in [1.165, 1.54) is 93.5 Å². The van der Waals surface area contributed by atoms with Crippen molar-refractivity contribution in [2.45, 2.75) is 0 Å². The van der Waals surface area contributed by atoms with Gasteiger partial charge in [0.05, 0.1) is 27.8 Å². The van der Waals surface area contributed by atoms with Crippen molar-refractivity contribution in [3.63, 3.8) is 0 Å². The number of nitrogens with one attached hydrogen (secondary N) is 1. The number of H-pyrrole nitrogens is 1. The molecular weight excluding hydrogens is 691 g/mol. The third kappa shape index (κ3) is 4.86. The normalized spacial score (nSPS) is 11.9. The van der Waals surface area contributed by atoms with Crippen LogP contribution in [0.25, 0.3) is 110 Å². The zero-order valence-corrected chi connectivity index (χ0v) is 31.0. The Morgan fingerprint density at radius 2 is 0.912 bits per heavy atom. The third-order valence-corrected chi connectivity index (χ3v) is 11.8. The van der Waals surface area contributed by atoms with Crippen LogP contribution in [0, 0.1) is 0 Å². The van der Waals surface area contributed by atoms with Crippen LogP contribution >= 0.6 is 0 Å². The Bertz CT molecular complexity index is 3510. The molecule has 0 spiro atoms. The van der Waals surface area contributed by atoms with Gasteiger partial charge in [0.25, 0.3) is 0 Å². The molecule has 3 heteroatoms. The van der Waals surface area contributed by atoms with Crippen molar-refractivity contribution in [2.24, 2.45) is 0 Å². The standard InChI is InChI=1S/C54H35N3/c1-3-14-35(15-4-1)37-18-11-19-39(32-37)41-22-12-26-51-53(41)43-21-8-10-25-49(43)56(51)40-29-31-50-44(34-40)42-20-7-9-24-48(42)57(50)52-27-13-23-47-54(52)45-33-38(28-30-46(45)55-47)36-16-5-2-6-17-36/h1-34,55H. The van der Waals surface area contributed by atoms with Gasteiger partial charge in [-0.25, -0.2) is 0 Å². The van der Waals surface area contributed by atoms with Crippen molar-refractivity contribution < 1.29 is 0 Å². The lowest BCUT2D eigenvalue weighted by molar-refractivity contribution is 1.17. The highest BCUT2D eigenvalue weighted by molar-refractivity contribution is 6.18. The number of aromatic nitrogens is 3. The first-order chi connectivity index (χ1) is 28.3. The van der Waals surface area contributed by atoms with E-state index < -0.39 is 0 Å². The van der Waals surface area contributed by atoms with Crippen LogP contribution < -0.4 is 0 Å². The summed E-state index contributed by atoms with van der Waals surface area (Å²) < 4.78 is 4.91. The van der Waals surface area contributed by atoms with Crippen molar-refractivity contribution >= 4 is 65.4 Å². The summed E-state index contributed by atoms with van der Waals surface area (Å²) in [6, 6.07) is 75.1. The zero-order valence-electron chi connectivity index (χ0n) is 31.0. The molecule has 3 heterocycles. The molecule has 0 unspecified atom stereocenters. The summed E-state index contributed by atoms with van der Waals surface area (Å²) in [4.78, 5) is 3.73. The molecule has 3 nitrogen and oxygen atoms in total. The first-order valence-electron chi connectivity index (χ1n) is 19.6. The van der Waals surface area contributed by atoms with Crippen LogP contribution in [0.4, 0.5) is 0 Å². The summed E-state index contributed by atoms with van der Waals surface area (Å²) in [5, 5.41) is 7.42. The lowest BCUT2D eigenvalue weighted by Gasteiger charge is -2.12. The van der Waals surface area contributed by atoms with E-state index >= 15 is 0 Å². The topological polar surface area (TPSA) is 25.6 Å². The van der Waals surface area contributed by atoms with Crippen molar-refractivity contribution in [2.75, 3.05) is 0 Å². The van der Waals surface area contributed by atoms with Crippen LogP contribution in [0.3, 0.4) is 0 Å². The fourth-order valence-corrected chi connectivity index (χ4v) is 9.32. The Balaban J connectivity index is 1.08. The number of nitrogens with zero attached hydrogens (tertiary/aromatic N) is 2. The molecule has 12 rings (SSSR count). The van der Waals surface area contributed by atoms with Crippen LogP contribution in [0.15, 0.2) is 206 Å². The van der Waals surface area contributed by atoms with Gasteiger partial charge in [0, 0.05) is 49.0 Å². The molecule has 0 amide bonds. The summed E-state index contributed by atoms with van der Waals surface area (Å²) in [6.45, 7) is 0. The summed E-state index contributed by atoms with van der Waals surface area (Å²) in [5.74, 6) is 0. The predicted molar refractivity (Wildman–Crippen MR) is 241 cm³/mol. The first-order valence-corrected chi connectivity index (χ1v) is 19.6. The maximum atomic E-state index is 3.73. The van der Waals surface area contributed by atoms with Gasteiger partial charge in [0.2, 0.25) is 0 Å². The Hall–Kier alpha value is -7.62. The van der Waals surface area contributed by atoms with E-state index in [0.29, 0.717) is 0 Å². The Morgan fingerprint density at radius 1 is 0.298 bits per heavy atom. The van der Waals surface area contributed by atoms with Crippen molar-refractivity contribution in [3.05, 3.63) is 206 Å². The molecule has 0 bridgehead atoms. The Labute approximate surface area is 329 Å². The highest BCUT2D eigenvalue weighted by atomic mass is 15.0. The number of fused-ring (bicyclic) bond motifs is 9. The average Bonchev–Trinajstić information content (AvgIpc) is 3.94. The number of rotatable bonds is 5. The summed E-state index contributed by atoms with van der Waals surface area (Å²) in [6.07, 6.45) is 0. The fraction of sp³-hybridized carbons (Fsp3) is 0. The van der Waals surface area contributed by atoms with Gasteiger partial charge < -0.3 is 14.1 Å². The van der Waals surface area contributed by atoms with E-state index in [1.54, 1.807) is 0 Å². The number of benzene rings is 9. The van der Waals surface area contributed by atoms with Crippen molar-refractivity contribution in [1.82, 2.24) is 14.1 Å². The predicted octanol–water partition coefficient (Wildman–Crippen LogP) is 14.5. The highest BCUT2D eigenvalue weighted by Gasteiger charge is 2.20.